The largest absolute Gasteiger partial charge is 0.339 e. The minimum Gasteiger partial charge on any atom is -0.339 e. The number of nitrogens with two attached hydrogens (primary N) is 1. The molecule has 2 amide bonds. The normalized spacial score (nSPS) is 16.6. The molecule has 4 N–H and O–H groups in total. The average molecular weight is 427 g/mol. The third kappa shape index (κ3) is 5.86. The molecule has 0 spiro atoms. The predicted octanol–water partition coefficient (Wildman–Crippen LogP) is 2.67. The van der Waals surface area contributed by atoms with E-state index in [4.69, 9.17) is 0 Å². The van der Waals surface area contributed by atoms with Gasteiger partial charge in [-0.1, -0.05) is 50.2 Å². The van der Waals surface area contributed by atoms with Crippen LogP contribution in [0, 0.1) is 0 Å². The summed E-state index contributed by atoms with van der Waals surface area (Å²) in [5.74, 6) is 1.02. The Labute approximate surface area is 183 Å². The molecule has 3 rings (SSSR count). The number of anilines is 1. The molecule has 2 aromatic carbocycles. The van der Waals surface area contributed by atoms with Crippen molar-refractivity contribution in [1.29, 1.82) is 0 Å². The quantitative estimate of drug-likeness (QED) is 0.608. The fourth-order valence-corrected chi connectivity index (χ4v) is 4.18. The molecule has 6 heteroatoms. The van der Waals surface area contributed by atoms with Crippen LogP contribution >= 0.6 is 11.8 Å². The molecule has 5 nitrogen and oxygen atoms in total. The Morgan fingerprint density at radius 3 is 2.47 bits per heavy atom. The second-order valence-electron chi connectivity index (χ2n) is 8.13. The Morgan fingerprint density at radius 2 is 1.80 bits per heavy atom. The summed E-state index contributed by atoms with van der Waals surface area (Å²) in [5, 5.41) is 8.04. The molecule has 160 valence electrons. The highest BCUT2D eigenvalue weighted by atomic mass is 32.2. The Balaban J connectivity index is 1.63. The van der Waals surface area contributed by atoms with Crippen LogP contribution in [0.3, 0.4) is 0 Å². The summed E-state index contributed by atoms with van der Waals surface area (Å²) >= 11 is 1.67. The number of carbonyl (C=O) groups excluding carboxylic acids is 2. The number of benzene rings is 2. The zero-order valence-corrected chi connectivity index (χ0v) is 18.8. The first-order chi connectivity index (χ1) is 14.5. The molecular weight excluding hydrogens is 394 g/mol. The highest BCUT2D eigenvalue weighted by Gasteiger charge is 2.30. The van der Waals surface area contributed by atoms with Crippen LogP contribution in [0.5, 0.6) is 0 Å². The number of hydrogen-bond donors (Lipinski definition) is 3. The van der Waals surface area contributed by atoms with Gasteiger partial charge in [0.1, 0.15) is 12.6 Å². The molecule has 0 saturated heterocycles. The summed E-state index contributed by atoms with van der Waals surface area (Å²) in [6.45, 7) is 5.07. The highest BCUT2D eigenvalue weighted by Crippen LogP contribution is 2.18. The molecule has 0 saturated carbocycles. The predicted molar refractivity (Wildman–Crippen MR) is 124 cm³/mol. The standard InChI is InChI=1S/C24H31N3O2S/c1-16(2)17-8-10-20(11-9-17)26-23(28)21(12-13-30-3)27-24(29)22-14-18-6-4-5-7-19(18)15-25-22/h4-11,16,21-22,25H,12-15H2,1-3H3,(H,26,28)(H,27,29)/p+1/t21-,22-/m0/s1. The number of fused-ring (bicyclic) bond motifs is 1. The molecule has 0 radical (unpaired) electrons. The van der Waals surface area contributed by atoms with Crippen LogP contribution in [0.25, 0.3) is 0 Å². The molecule has 0 unspecified atom stereocenters. The van der Waals surface area contributed by atoms with Gasteiger partial charge in [0.25, 0.3) is 5.91 Å². The Morgan fingerprint density at radius 1 is 1.10 bits per heavy atom. The van der Waals surface area contributed by atoms with Crippen molar-refractivity contribution in [2.45, 2.75) is 51.2 Å². The van der Waals surface area contributed by atoms with Crippen LogP contribution in [0.15, 0.2) is 48.5 Å². The monoisotopic (exact) mass is 426 g/mol. The zero-order chi connectivity index (χ0) is 21.5. The molecule has 2 aromatic rings. The van der Waals surface area contributed by atoms with Crippen LogP contribution in [-0.2, 0) is 22.6 Å². The molecular formula is C24H32N3O2S+. The summed E-state index contributed by atoms with van der Waals surface area (Å²) in [6.07, 6.45) is 3.30. The summed E-state index contributed by atoms with van der Waals surface area (Å²) in [4.78, 5) is 25.8. The summed E-state index contributed by atoms with van der Waals surface area (Å²) in [7, 11) is 0. The van der Waals surface area contributed by atoms with E-state index >= 15 is 0 Å². The fourth-order valence-electron chi connectivity index (χ4n) is 3.71. The van der Waals surface area contributed by atoms with Crippen LogP contribution in [0.2, 0.25) is 0 Å². The van der Waals surface area contributed by atoms with E-state index in [2.05, 4.69) is 41.9 Å². The Hall–Kier alpha value is -2.31. The van der Waals surface area contributed by atoms with Gasteiger partial charge in [-0.15, -0.1) is 0 Å². The van der Waals surface area contributed by atoms with Crippen molar-refractivity contribution in [3.05, 3.63) is 65.2 Å². The maximum Gasteiger partial charge on any atom is 0.279 e. The molecule has 0 fully saturated rings. The lowest BCUT2D eigenvalue weighted by molar-refractivity contribution is -0.695. The van der Waals surface area contributed by atoms with E-state index in [1.165, 1.54) is 16.7 Å². The first-order valence-electron chi connectivity index (χ1n) is 10.6. The zero-order valence-electron chi connectivity index (χ0n) is 18.0. The summed E-state index contributed by atoms with van der Waals surface area (Å²) in [6, 6.07) is 15.4. The van der Waals surface area contributed by atoms with Crippen LogP contribution in [-0.4, -0.2) is 35.9 Å². The third-order valence-electron chi connectivity index (χ3n) is 5.61. The second-order valence-corrected chi connectivity index (χ2v) is 9.11. The smallest absolute Gasteiger partial charge is 0.279 e. The van der Waals surface area contributed by atoms with Crippen molar-refractivity contribution in [3.63, 3.8) is 0 Å². The van der Waals surface area contributed by atoms with Gasteiger partial charge in [0, 0.05) is 17.7 Å². The van der Waals surface area contributed by atoms with Gasteiger partial charge in [-0.25, -0.2) is 0 Å². The third-order valence-corrected chi connectivity index (χ3v) is 6.25. The van der Waals surface area contributed by atoms with Gasteiger partial charge in [0.05, 0.1) is 0 Å². The number of nitrogens with one attached hydrogen (secondary N) is 2. The van der Waals surface area contributed by atoms with E-state index in [-0.39, 0.29) is 17.9 Å². The van der Waals surface area contributed by atoms with Gasteiger partial charge >= 0.3 is 0 Å². The van der Waals surface area contributed by atoms with Gasteiger partial charge in [0.15, 0.2) is 6.04 Å². The van der Waals surface area contributed by atoms with Gasteiger partial charge in [-0.05, 0) is 47.6 Å². The lowest BCUT2D eigenvalue weighted by Crippen LogP contribution is -2.93. The van der Waals surface area contributed by atoms with Gasteiger partial charge in [-0.3, -0.25) is 9.59 Å². The number of rotatable bonds is 8. The van der Waals surface area contributed by atoms with Crippen molar-refractivity contribution in [2.24, 2.45) is 0 Å². The molecule has 30 heavy (non-hydrogen) atoms. The number of thioether (sulfide) groups is 1. The maximum absolute atomic E-state index is 12.9. The van der Waals surface area contributed by atoms with E-state index in [1.807, 2.05) is 42.7 Å². The van der Waals surface area contributed by atoms with Crippen molar-refractivity contribution >= 4 is 29.3 Å². The molecule has 0 bridgehead atoms. The second kappa shape index (κ2) is 10.6. The molecule has 1 heterocycles. The summed E-state index contributed by atoms with van der Waals surface area (Å²) < 4.78 is 0. The fraction of sp³-hybridized carbons (Fsp3) is 0.417. The van der Waals surface area contributed by atoms with Crippen molar-refractivity contribution in [1.82, 2.24) is 5.32 Å². The molecule has 0 aromatic heterocycles. The lowest BCUT2D eigenvalue weighted by Gasteiger charge is -2.25. The van der Waals surface area contributed by atoms with Gasteiger partial charge in [0.2, 0.25) is 5.91 Å². The van der Waals surface area contributed by atoms with Crippen LogP contribution < -0.4 is 16.0 Å². The molecule has 2 atom stereocenters. The lowest BCUT2D eigenvalue weighted by atomic mass is 9.95. The maximum atomic E-state index is 12.9. The number of carbonyl (C=O) groups is 2. The minimum absolute atomic E-state index is 0.0686. The van der Waals surface area contributed by atoms with E-state index in [0.29, 0.717) is 18.8 Å². The number of quaternary nitrogens is 1. The Bertz CT molecular complexity index is 867. The van der Waals surface area contributed by atoms with E-state index in [1.54, 1.807) is 11.8 Å². The van der Waals surface area contributed by atoms with Crippen molar-refractivity contribution < 1.29 is 14.9 Å². The molecule has 0 aliphatic carbocycles. The van der Waals surface area contributed by atoms with Crippen molar-refractivity contribution in [2.75, 3.05) is 17.3 Å². The van der Waals surface area contributed by atoms with Crippen LogP contribution in [0.4, 0.5) is 5.69 Å². The minimum atomic E-state index is -0.541. The Kier molecular flexibility index (Phi) is 7.94. The van der Waals surface area contributed by atoms with E-state index < -0.39 is 6.04 Å². The highest BCUT2D eigenvalue weighted by molar-refractivity contribution is 7.98. The van der Waals surface area contributed by atoms with E-state index in [0.717, 1.165) is 18.0 Å². The van der Waals surface area contributed by atoms with Crippen LogP contribution in [0.1, 0.15) is 42.9 Å². The first-order valence-corrected chi connectivity index (χ1v) is 12.0. The SMILES string of the molecule is CSCC[C@H](NC(=O)[C@@H]1Cc2ccccc2C[NH2+]1)C(=O)Nc1ccc(C(C)C)cc1. The first kappa shape index (κ1) is 22.4. The van der Waals surface area contributed by atoms with Crippen molar-refractivity contribution in [3.8, 4) is 0 Å². The number of hydrogen-bond acceptors (Lipinski definition) is 3. The number of amides is 2. The molecule has 1 aliphatic heterocycles. The average Bonchev–Trinajstić information content (AvgIpc) is 2.76. The van der Waals surface area contributed by atoms with Gasteiger partial charge < -0.3 is 16.0 Å². The summed E-state index contributed by atoms with van der Waals surface area (Å²) in [5.41, 5.74) is 4.48. The van der Waals surface area contributed by atoms with Gasteiger partial charge in [-0.2, -0.15) is 11.8 Å². The topological polar surface area (TPSA) is 74.8 Å². The van der Waals surface area contributed by atoms with E-state index in [9.17, 15) is 9.59 Å². The molecule has 1 aliphatic rings.